The molecule has 2 aromatic carbocycles. The van der Waals surface area contributed by atoms with E-state index in [-0.39, 0.29) is 110 Å². The summed E-state index contributed by atoms with van der Waals surface area (Å²) in [6.45, 7) is -0.529. The van der Waals surface area contributed by atoms with Gasteiger partial charge in [-0.3, -0.25) is 38.6 Å². The second kappa shape index (κ2) is 26.4. The highest BCUT2D eigenvalue weighted by Crippen LogP contribution is 2.33. The van der Waals surface area contributed by atoms with Crippen LogP contribution < -0.4 is 65.2 Å². The van der Waals surface area contributed by atoms with Gasteiger partial charge in [0.1, 0.15) is 17.8 Å². The molecule has 0 spiro atoms. The Morgan fingerprint density at radius 1 is 0.788 bits per heavy atom. The summed E-state index contributed by atoms with van der Waals surface area (Å²) in [6.07, 6.45) is 2.01. The summed E-state index contributed by atoms with van der Waals surface area (Å²) in [7, 11) is -1.77. The summed E-state index contributed by atoms with van der Waals surface area (Å²) in [6, 6.07) is 8.66. The predicted octanol–water partition coefficient (Wildman–Crippen LogP) is -4.37. The number of thioether (sulfide) groups is 1. The fraction of sp³-hybridized carbons (Fsp3) is 0.488. The number of fused-ring (bicyclic) bond motifs is 1. The van der Waals surface area contributed by atoms with Crippen LogP contribution in [-0.2, 0) is 35.2 Å². The highest BCUT2D eigenvalue weighted by molar-refractivity contribution is 8.00. The number of carbonyl (C=O) groups excluding carboxylic acids is 8. The number of rotatable bonds is 27. The number of amides is 9. The SMILES string of the molecule is NC(=O)C(CCN=C(N)N)CNC(=O)CNC(=O)C(Cc1ccc(O)cc1)NC(=O)CCC(NC(=O)c1ccc(B(O)O)cc1)C(=O)NCCNC(=O)CCCCC1SCC2NC(=O)NC21. The number of aromatic hydroxyl groups is 1. The Morgan fingerprint density at radius 2 is 1.48 bits per heavy atom. The van der Waals surface area contributed by atoms with Gasteiger partial charge in [-0.15, -0.1) is 0 Å². The highest BCUT2D eigenvalue weighted by atomic mass is 32.2. The van der Waals surface area contributed by atoms with E-state index in [1.165, 1.54) is 48.5 Å². The van der Waals surface area contributed by atoms with Crippen molar-refractivity contribution in [2.45, 2.75) is 80.8 Å². The van der Waals surface area contributed by atoms with Gasteiger partial charge in [-0.25, -0.2) is 4.79 Å². The van der Waals surface area contributed by atoms with Crippen LogP contribution in [-0.4, -0.2) is 144 Å². The van der Waals surface area contributed by atoms with E-state index in [1.807, 2.05) is 0 Å². The zero-order valence-corrected chi connectivity index (χ0v) is 37.1. The summed E-state index contributed by atoms with van der Waals surface area (Å²) >= 11 is 1.80. The number of hydrogen-bond donors (Lipinski definition) is 14. The maximum absolute atomic E-state index is 13.5. The monoisotopic (exact) mass is 938 g/mol. The van der Waals surface area contributed by atoms with Crippen LogP contribution in [0, 0.1) is 5.92 Å². The minimum atomic E-state index is -1.77. The number of nitrogens with one attached hydrogen (secondary N) is 8. The average molecular weight is 939 g/mol. The van der Waals surface area contributed by atoms with E-state index in [0.717, 1.165) is 18.6 Å². The average Bonchev–Trinajstić information content (AvgIpc) is 3.84. The fourth-order valence-electron chi connectivity index (χ4n) is 7.09. The summed E-state index contributed by atoms with van der Waals surface area (Å²) in [4.78, 5) is 106. The van der Waals surface area contributed by atoms with Crippen molar-refractivity contribution in [3.05, 3.63) is 59.7 Å². The third-order valence-corrected chi connectivity index (χ3v) is 12.3. The molecule has 0 bridgehead atoms. The van der Waals surface area contributed by atoms with E-state index < -0.39 is 67.1 Å². The van der Waals surface area contributed by atoms with Gasteiger partial charge in [-0.1, -0.05) is 30.7 Å². The Balaban J connectivity index is 1.31. The van der Waals surface area contributed by atoms with Crippen LogP contribution >= 0.6 is 11.8 Å². The smallest absolute Gasteiger partial charge is 0.488 e. The quantitative estimate of drug-likeness (QED) is 0.0132. The number of benzene rings is 2. The van der Waals surface area contributed by atoms with E-state index in [0.29, 0.717) is 12.0 Å². The topological polar surface area (TPSA) is 384 Å². The predicted molar refractivity (Wildman–Crippen MR) is 244 cm³/mol. The molecular weight excluding hydrogens is 879 g/mol. The van der Waals surface area contributed by atoms with Crippen LogP contribution in [0.2, 0.25) is 0 Å². The lowest BCUT2D eigenvalue weighted by Gasteiger charge is -2.21. The number of hydrogen-bond acceptors (Lipinski definition) is 13. The van der Waals surface area contributed by atoms with Crippen molar-refractivity contribution in [1.29, 1.82) is 0 Å². The molecule has 358 valence electrons. The van der Waals surface area contributed by atoms with E-state index in [1.54, 1.807) is 11.8 Å². The van der Waals surface area contributed by atoms with Crippen LogP contribution in [0.4, 0.5) is 4.79 Å². The maximum Gasteiger partial charge on any atom is 0.488 e. The highest BCUT2D eigenvalue weighted by Gasteiger charge is 2.42. The molecule has 6 unspecified atom stereocenters. The number of unbranched alkanes of at least 4 members (excludes halogenated alkanes) is 1. The first-order chi connectivity index (χ1) is 31.5. The maximum atomic E-state index is 13.5. The molecule has 9 amide bonds. The Kier molecular flexibility index (Phi) is 20.8. The number of phenolic OH excluding ortho intramolecular Hbond substituents is 1. The van der Waals surface area contributed by atoms with E-state index >= 15 is 0 Å². The van der Waals surface area contributed by atoms with Gasteiger partial charge in [0.05, 0.1) is 24.5 Å². The van der Waals surface area contributed by atoms with Gasteiger partial charge in [-0.05, 0) is 61.0 Å². The second-order valence-electron chi connectivity index (χ2n) is 15.8. The molecule has 2 aliphatic rings. The number of nitrogens with two attached hydrogens (primary N) is 3. The molecule has 0 radical (unpaired) electrons. The fourth-order valence-corrected chi connectivity index (χ4v) is 8.64. The first kappa shape index (κ1) is 52.0. The van der Waals surface area contributed by atoms with Crippen molar-refractivity contribution in [3.8, 4) is 5.75 Å². The Bertz CT molecular complexity index is 2040. The van der Waals surface area contributed by atoms with Gasteiger partial charge in [0.15, 0.2) is 5.96 Å². The lowest BCUT2D eigenvalue weighted by atomic mass is 9.80. The molecule has 4 rings (SSSR count). The van der Waals surface area contributed by atoms with Crippen molar-refractivity contribution in [2.24, 2.45) is 28.1 Å². The largest absolute Gasteiger partial charge is 0.508 e. The Morgan fingerprint density at radius 3 is 2.17 bits per heavy atom. The van der Waals surface area contributed by atoms with Gasteiger partial charge in [-0.2, -0.15) is 11.8 Å². The third-order valence-electron chi connectivity index (χ3n) is 10.8. The molecule has 0 saturated carbocycles. The van der Waals surface area contributed by atoms with E-state index in [2.05, 4.69) is 47.5 Å². The zero-order chi connectivity index (χ0) is 48.2. The van der Waals surface area contributed by atoms with Crippen molar-refractivity contribution in [2.75, 3.05) is 38.5 Å². The lowest BCUT2D eigenvalue weighted by Crippen LogP contribution is -2.51. The van der Waals surface area contributed by atoms with Gasteiger partial charge < -0.3 is 74.9 Å². The number of urea groups is 1. The summed E-state index contributed by atoms with van der Waals surface area (Å²) in [5.74, 6) is -4.57. The molecule has 17 N–H and O–H groups in total. The standard InChI is InChI=1S/C41H59BN12O11S/c43-36(59)25(15-16-48-40(44)45)20-49-34(58)21-50-39(62)29(19-23-5-11-27(55)12-6-23)51-33(57)14-13-28(52-37(60)24-7-9-26(10-8-24)42(64)65)38(61)47-18-17-46-32(56)4-2-1-3-31-35-30(22-66-31)53-41(63)54-35/h5-12,25,28-31,35,55,64-65H,1-4,13-22H2,(H2,43,59)(H,46,56)(H,47,61)(H,49,58)(H,50,62)(H,51,57)(H,52,60)(H4,44,45,48)(H2,53,54,63). The summed E-state index contributed by atoms with van der Waals surface area (Å²) in [5.41, 5.74) is 16.8. The molecular formula is C41H59BN12O11S. The van der Waals surface area contributed by atoms with Crippen molar-refractivity contribution in [1.82, 2.24) is 42.5 Å². The molecule has 6 atom stereocenters. The van der Waals surface area contributed by atoms with Crippen molar-refractivity contribution in [3.63, 3.8) is 0 Å². The number of primary amides is 1. The Hall–Kier alpha value is -6.60. The van der Waals surface area contributed by atoms with Gasteiger partial charge in [0.25, 0.3) is 5.91 Å². The van der Waals surface area contributed by atoms with Crippen molar-refractivity contribution >= 4 is 77.7 Å². The summed E-state index contributed by atoms with van der Waals surface area (Å²) < 4.78 is 0. The van der Waals surface area contributed by atoms with Crippen LogP contribution in [0.25, 0.3) is 0 Å². The number of phenols is 1. The van der Waals surface area contributed by atoms with Gasteiger partial charge >= 0.3 is 13.1 Å². The molecule has 2 fully saturated rings. The van der Waals surface area contributed by atoms with E-state index in [9.17, 15) is 53.5 Å². The normalized spacial score (nSPS) is 17.3. The first-order valence-electron chi connectivity index (χ1n) is 21.4. The first-order valence-corrected chi connectivity index (χ1v) is 22.5. The molecule has 2 aromatic rings. The molecule has 23 nitrogen and oxygen atoms in total. The Labute approximate surface area is 385 Å². The zero-order valence-electron chi connectivity index (χ0n) is 36.3. The molecule has 2 saturated heterocycles. The molecule has 2 heterocycles. The number of nitrogens with zero attached hydrogens (tertiary/aromatic N) is 1. The molecule has 0 aliphatic carbocycles. The minimum absolute atomic E-state index is 0.00962. The minimum Gasteiger partial charge on any atom is -0.508 e. The second-order valence-corrected chi connectivity index (χ2v) is 17.0. The lowest BCUT2D eigenvalue weighted by molar-refractivity contribution is -0.130. The molecule has 2 aliphatic heterocycles. The number of aliphatic imine (C=N–C) groups is 1. The number of guanidine groups is 1. The molecule has 66 heavy (non-hydrogen) atoms. The molecule has 25 heteroatoms. The van der Waals surface area contributed by atoms with Crippen LogP contribution in [0.3, 0.4) is 0 Å². The van der Waals surface area contributed by atoms with Gasteiger partial charge in [0.2, 0.25) is 35.4 Å². The van der Waals surface area contributed by atoms with Gasteiger partial charge in [0, 0.05) is 62.0 Å². The van der Waals surface area contributed by atoms with E-state index in [4.69, 9.17) is 17.2 Å². The molecule has 0 aromatic heterocycles. The van der Waals surface area contributed by atoms with Crippen LogP contribution in [0.1, 0.15) is 60.9 Å². The van der Waals surface area contributed by atoms with Crippen molar-refractivity contribution < 1.29 is 53.5 Å². The van der Waals surface area contributed by atoms with Crippen LogP contribution in [0.5, 0.6) is 5.75 Å². The summed E-state index contributed by atoms with van der Waals surface area (Å²) in [5, 5.41) is 50.4. The third kappa shape index (κ3) is 17.8. The van der Waals surface area contributed by atoms with Crippen LogP contribution in [0.15, 0.2) is 53.5 Å². The number of carbonyl (C=O) groups is 8.